The summed E-state index contributed by atoms with van der Waals surface area (Å²) in [5, 5.41) is 13.6. The number of hydrogen-bond acceptors (Lipinski definition) is 2. The van der Waals surface area contributed by atoms with Crippen molar-refractivity contribution < 1.29 is 9.90 Å². The number of nitrogens with zero attached hydrogens (tertiary/aromatic N) is 2. The molecule has 0 bridgehead atoms. The molecule has 0 aliphatic heterocycles. The largest absolute Gasteiger partial charge is 0.481 e. The zero-order valence-electron chi connectivity index (χ0n) is 9.81. The highest BCUT2D eigenvalue weighted by atomic mass is 16.4. The number of rotatable bonds is 4. The van der Waals surface area contributed by atoms with Gasteiger partial charge in [0.05, 0.1) is 5.69 Å². The molecule has 1 aromatic rings. The van der Waals surface area contributed by atoms with E-state index in [4.69, 9.17) is 0 Å². The second kappa shape index (κ2) is 3.92. The molecule has 0 radical (unpaired) electrons. The van der Waals surface area contributed by atoms with E-state index in [1.165, 1.54) is 0 Å². The molecular formula is C12H18N2O2. The van der Waals surface area contributed by atoms with Crippen LogP contribution < -0.4 is 0 Å². The van der Waals surface area contributed by atoms with Crippen LogP contribution in [-0.2, 0) is 16.8 Å². The summed E-state index contributed by atoms with van der Waals surface area (Å²) in [5.74, 6) is -0.228. The standard InChI is InChI=1S/C12H18N2O2/c1-9(2)8-14-10(4-7-13-14)12(11(15)16)5-3-6-12/h4,7,9H,3,5-6,8H2,1-2H3,(H,15,16). The van der Waals surface area contributed by atoms with E-state index in [-0.39, 0.29) is 0 Å². The van der Waals surface area contributed by atoms with Gasteiger partial charge < -0.3 is 5.11 Å². The first-order valence-corrected chi connectivity index (χ1v) is 5.82. The maximum absolute atomic E-state index is 11.4. The molecule has 88 valence electrons. The van der Waals surface area contributed by atoms with E-state index in [9.17, 15) is 9.90 Å². The van der Waals surface area contributed by atoms with Crippen LogP contribution in [0.25, 0.3) is 0 Å². The lowest BCUT2D eigenvalue weighted by Crippen LogP contribution is -2.44. The third-order valence-electron chi connectivity index (χ3n) is 3.36. The van der Waals surface area contributed by atoms with Gasteiger partial charge in [0.1, 0.15) is 5.41 Å². The molecule has 1 fully saturated rings. The van der Waals surface area contributed by atoms with Gasteiger partial charge in [-0.2, -0.15) is 5.10 Å². The van der Waals surface area contributed by atoms with Crippen LogP contribution in [0.4, 0.5) is 0 Å². The summed E-state index contributed by atoms with van der Waals surface area (Å²) >= 11 is 0. The minimum Gasteiger partial charge on any atom is -0.481 e. The van der Waals surface area contributed by atoms with Crippen LogP contribution in [0.3, 0.4) is 0 Å². The van der Waals surface area contributed by atoms with Gasteiger partial charge in [-0.25, -0.2) is 0 Å². The summed E-state index contributed by atoms with van der Waals surface area (Å²) in [7, 11) is 0. The van der Waals surface area contributed by atoms with Gasteiger partial charge in [0.25, 0.3) is 0 Å². The lowest BCUT2D eigenvalue weighted by Gasteiger charge is -2.38. The zero-order chi connectivity index (χ0) is 11.8. The molecule has 0 unspecified atom stereocenters. The molecule has 0 atom stereocenters. The van der Waals surface area contributed by atoms with Crippen LogP contribution in [0.1, 0.15) is 38.8 Å². The van der Waals surface area contributed by atoms with E-state index in [0.717, 1.165) is 31.5 Å². The molecule has 1 aliphatic carbocycles. The van der Waals surface area contributed by atoms with E-state index < -0.39 is 11.4 Å². The molecule has 0 saturated heterocycles. The Morgan fingerprint density at radius 1 is 1.62 bits per heavy atom. The Kier molecular flexibility index (Phi) is 2.74. The van der Waals surface area contributed by atoms with Gasteiger partial charge in [-0.15, -0.1) is 0 Å². The molecule has 0 spiro atoms. The van der Waals surface area contributed by atoms with Crippen LogP contribution in [0.15, 0.2) is 12.3 Å². The summed E-state index contributed by atoms with van der Waals surface area (Å²) in [5.41, 5.74) is 0.214. The van der Waals surface area contributed by atoms with Gasteiger partial charge >= 0.3 is 5.97 Å². The summed E-state index contributed by atoms with van der Waals surface area (Å²) < 4.78 is 1.86. The Morgan fingerprint density at radius 3 is 2.75 bits per heavy atom. The van der Waals surface area contributed by atoms with Crippen molar-refractivity contribution in [2.45, 2.75) is 45.1 Å². The van der Waals surface area contributed by atoms with E-state index in [0.29, 0.717) is 5.92 Å². The van der Waals surface area contributed by atoms with Crippen LogP contribution >= 0.6 is 0 Å². The molecule has 0 aromatic carbocycles. The third kappa shape index (κ3) is 1.62. The quantitative estimate of drug-likeness (QED) is 0.848. The van der Waals surface area contributed by atoms with E-state index in [1.54, 1.807) is 6.20 Å². The number of carboxylic acid groups (broad SMARTS) is 1. The topological polar surface area (TPSA) is 55.1 Å². The average molecular weight is 222 g/mol. The molecule has 0 amide bonds. The molecule has 1 aliphatic rings. The van der Waals surface area contributed by atoms with Crippen molar-refractivity contribution >= 4 is 5.97 Å². The molecule has 1 saturated carbocycles. The number of carbonyl (C=O) groups is 1. The minimum absolute atomic E-state index is 0.476. The highest BCUT2D eigenvalue weighted by Gasteiger charge is 2.48. The highest BCUT2D eigenvalue weighted by molar-refractivity contribution is 5.81. The average Bonchev–Trinajstić information content (AvgIpc) is 2.49. The molecular weight excluding hydrogens is 204 g/mol. The summed E-state index contributed by atoms with van der Waals surface area (Å²) in [6.45, 7) is 5.01. The summed E-state index contributed by atoms with van der Waals surface area (Å²) in [6.07, 6.45) is 4.19. The maximum Gasteiger partial charge on any atom is 0.315 e. The predicted molar refractivity (Wildman–Crippen MR) is 60.2 cm³/mol. The van der Waals surface area contributed by atoms with Crippen molar-refractivity contribution in [3.8, 4) is 0 Å². The van der Waals surface area contributed by atoms with E-state index in [1.807, 2.05) is 10.7 Å². The molecule has 16 heavy (non-hydrogen) atoms. The normalized spacial score (nSPS) is 18.4. The van der Waals surface area contributed by atoms with Gasteiger partial charge in [0, 0.05) is 12.7 Å². The van der Waals surface area contributed by atoms with Crippen molar-refractivity contribution in [1.29, 1.82) is 0 Å². The lowest BCUT2D eigenvalue weighted by molar-refractivity contribution is -0.147. The van der Waals surface area contributed by atoms with Crippen molar-refractivity contribution in [2.75, 3.05) is 0 Å². The maximum atomic E-state index is 11.4. The van der Waals surface area contributed by atoms with Gasteiger partial charge in [-0.05, 0) is 24.8 Å². The van der Waals surface area contributed by atoms with Gasteiger partial charge in [0.2, 0.25) is 0 Å². The Morgan fingerprint density at radius 2 is 2.31 bits per heavy atom. The van der Waals surface area contributed by atoms with Crippen LogP contribution in [-0.4, -0.2) is 20.9 Å². The second-order valence-corrected chi connectivity index (χ2v) is 5.03. The van der Waals surface area contributed by atoms with Gasteiger partial charge in [-0.1, -0.05) is 20.3 Å². The van der Waals surface area contributed by atoms with Crippen LogP contribution in [0, 0.1) is 5.92 Å². The van der Waals surface area contributed by atoms with Crippen LogP contribution in [0.2, 0.25) is 0 Å². The Labute approximate surface area is 95.3 Å². The molecule has 4 heteroatoms. The monoisotopic (exact) mass is 222 g/mol. The molecule has 1 aromatic heterocycles. The number of aliphatic carboxylic acids is 1. The van der Waals surface area contributed by atoms with E-state index in [2.05, 4.69) is 18.9 Å². The fraction of sp³-hybridized carbons (Fsp3) is 0.667. The number of carboxylic acids is 1. The van der Waals surface area contributed by atoms with Crippen molar-refractivity contribution in [3.05, 3.63) is 18.0 Å². The highest BCUT2D eigenvalue weighted by Crippen LogP contribution is 2.43. The first-order chi connectivity index (χ1) is 7.56. The lowest BCUT2D eigenvalue weighted by atomic mass is 9.66. The Hall–Kier alpha value is -1.32. The second-order valence-electron chi connectivity index (χ2n) is 5.03. The Bertz CT molecular complexity index is 391. The SMILES string of the molecule is CC(C)Cn1nccc1C1(C(=O)O)CCC1. The summed E-state index contributed by atoms with van der Waals surface area (Å²) in [6, 6.07) is 1.86. The molecule has 1 heterocycles. The fourth-order valence-electron chi connectivity index (χ4n) is 2.34. The first kappa shape index (κ1) is 11.2. The number of hydrogen-bond donors (Lipinski definition) is 1. The fourth-order valence-corrected chi connectivity index (χ4v) is 2.34. The molecule has 4 nitrogen and oxygen atoms in total. The Balaban J connectivity index is 2.32. The van der Waals surface area contributed by atoms with Gasteiger partial charge in [-0.3, -0.25) is 9.48 Å². The van der Waals surface area contributed by atoms with Gasteiger partial charge in [0.15, 0.2) is 0 Å². The smallest absolute Gasteiger partial charge is 0.315 e. The third-order valence-corrected chi connectivity index (χ3v) is 3.36. The summed E-state index contributed by atoms with van der Waals surface area (Å²) in [4.78, 5) is 11.4. The van der Waals surface area contributed by atoms with Crippen molar-refractivity contribution in [1.82, 2.24) is 9.78 Å². The zero-order valence-corrected chi connectivity index (χ0v) is 9.81. The molecule has 2 rings (SSSR count). The van der Waals surface area contributed by atoms with Crippen molar-refractivity contribution in [3.63, 3.8) is 0 Å². The van der Waals surface area contributed by atoms with Crippen molar-refractivity contribution in [2.24, 2.45) is 5.92 Å². The number of aromatic nitrogens is 2. The minimum atomic E-state index is -0.704. The van der Waals surface area contributed by atoms with E-state index >= 15 is 0 Å². The first-order valence-electron chi connectivity index (χ1n) is 5.82. The predicted octanol–water partition coefficient (Wildman–Crippen LogP) is 2.05. The molecule has 1 N–H and O–H groups in total. The van der Waals surface area contributed by atoms with Crippen LogP contribution in [0.5, 0.6) is 0 Å².